The largest absolute Gasteiger partial charge is 0.302 e. The van der Waals surface area contributed by atoms with Gasteiger partial charge in [0, 0.05) is 12.8 Å². The van der Waals surface area contributed by atoms with Crippen molar-refractivity contribution in [3.63, 3.8) is 0 Å². The lowest BCUT2D eigenvalue weighted by Crippen LogP contribution is -2.32. The third-order valence-corrected chi connectivity index (χ3v) is 2.41. The lowest BCUT2D eigenvalue weighted by atomic mass is 9.84. The van der Waals surface area contributed by atoms with Crippen LogP contribution in [0.1, 0.15) is 39.0 Å². The molecule has 1 aliphatic carbocycles. The minimum absolute atomic E-state index is 0.376. The highest BCUT2D eigenvalue weighted by Gasteiger charge is 2.37. The molecule has 0 heterocycles. The van der Waals surface area contributed by atoms with E-state index in [1.165, 1.54) is 0 Å². The van der Waals surface area contributed by atoms with Crippen LogP contribution in [-0.2, 0) is 4.79 Å². The van der Waals surface area contributed by atoms with Gasteiger partial charge in [-0.15, -0.1) is 0 Å². The first-order chi connectivity index (χ1) is 5.52. The number of Topliss-reactive ketones (excluding diaryl/α,β-unsaturated/α-hetero) is 1. The number of halogens is 2. The molecule has 0 spiro atoms. The number of carbonyl (C=O) groups excluding carboxylic acids is 1. The van der Waals surface area contributed by atoms with Crippen LogP contribution >= 0.6 is 0 Å². The first-order valence-corrected chi connectivity index (χ1v) is 4.44. The van der Waals surface area contributed by atoms with Crippen LogP contribution in [0, 0.1) is 5.92 Å². The lowest BCUT2D eigenvalue weighted by molar-refractivity contribution is -0.146. The highest BCUT2D eigenvalue weighted by Crippen LogP contribution is 2.29. The van der Waals surface area contributed by atoms with Crippen molar-refractivity contribution < 1.29 is 13.6 Å². The Hall–Kier alpha value is -0.470. The van der Waals surface area contributed by atoms with Gasteiger partial charge in [0.15, 0.2) is 0 Å². The number of hydrogen-bond donors (Lipinski definition) is 0. The molecule has 1 nitrogen and oxygen atoms in total. The fourth-order valence-electron chi connectivity index (χ4n) is 1.72. The molecule has 0 unspecified atom stereocenters. The van der Waals surface area contributed by atoms with Gasteiger partial charge in [-0.25, -0.2) is 0 Å². The Labute approximate surface area is 71.1 Å². The van der Waals surface area contributed by atoms with Crippen molar-refractivity contribution in [3.8, 4) is 0 Å². The van der Waals surface area contributed by atoms with Gasteiger partial charge in [-0.1, -0.05) is 19.3 Å². The summed E-state index contributed by atoms with van der Waals surface area (Å²) >= 11 is 0. The van der Waals surface area contributed by atoms with E-state index in [9.17, 15) is 13.6 Å². The molecule has 0 aliphatic heterocycles. The smallest absolute Gasteiger partial charge is 0.293 e. The Balaban J connectivity index is 2.51. The first kappa shape index (κ1) is 9.62. The van der Waals surface area contributed by atoms with Crippen molar-refractivity contribution in [3.05, 3.63) is 0 Å². The van der Waals surface area contributed by atoms with E-state index in [1.54, 1.807) is 0 Å². The zero-order valence-corrected chi connectivity index (χ0v) is 7.28. The van der Waals surface area contributed by atoms with E-state index in [0.717, 1.165) is 19.3 Å². The molecule has 0 aromatic carbocycles. The van der Waals surface area contributed by atoms with Crippen LogP contribution < -0.4 is 0 Å². The quantitative estimate of drug-likeness (QED) is 0.632. The molecule has 0 saturated heterocycles. The van der Waals surface area contributed by atoms with Gasteiger partial charge in [-0.05, 0) is 12.8 Å². The number of alkyl halides is 2. The summed E-state index contributed by atoms with van der Waals surface area (Å²) in [4.78, 5) is 11.1. The van der Waals surface area contributed by atoms with Gasteiger partial charge >= 0.3 is 5.92 Å². The highest BCUT2D eigenvalue weighted by atomic mass is 19.3. The standard InChI is InChI=1S/C9H14F2O/c1-9(10,11)8(12)7-5-3-2-4-6-7/h7H,2-6H2,1H3. The van der Waals surface area contributed by atoms with Crippen molar-refractivity contribution in [2.24, 2.45) is 5.92 Å². The van der Waals surface area contributed by atoms with Crippen LogP contribution in [0.2, 0.25) is 0 Å². The van der Waals surface area contributed by atoms with E-state index < -0.39 is 11.7 Å². The van der Waals surface area contributed by atoms with Gasteiger partial charge in [0.2, 0.25) is 5.78 Å². The average Bonchev–Trinajstić information content (AvgIpc) is 2.03. The van der Waals surface area contributed by atoms with Crippen molar-refractivity contribution >= 4 is 5.78 Å². The van der Waals surface area contributed by atoms with Gasteiger partial charge in [-0.2, -0.15) is 8.78 Å². The van der Waals surface area contributed by atoms with Crippen LogP contribution in [0.15, 0.2) is 0 Å². The molecule has 1 fully saturated rings. The Morgan fingerprint density at radius 1 is 1.25 bits per heavy atom. The number of carbonyl (C=O) groups is 1. The summed E-state index contributed by atoms with van der Waals surface area (Å²) in [6.07, 6.45) is 4.24. The molecule has 70 valence electrons. The van der Waals surface area contributed by atoms with Gasteiger partial charge in [0.1, 0.15) is 0 Å². The predicted molar refractivity (Wildman–Crippen MR) is 42.2 cm³/mol. The molecule has 1 rings (SSSR count). The van der Waals surface area contributed by atoms with E-state index in [4.69, 9.17) is 0 Å². The summed E-state index contributed by atoms with van der Waals surface area (Å²) in [5.41, 5.74) is 0. The van der Waals surface area contributed by atoms with E-state index >= 15 is 0 Å². The zero-order chi connectivity index (χ0) is 9.19. The predicted octanol–water partition coefficient (Wildman–Crippen LogP) is 2.79. The van der Waals surface area contributed by atoms with E-state index in [2.05, 4.69) is 0 Å². The average molecular weight is 176 g/mol. The molecule has 12 heavy (non-hydrogen) atoms. The monoisotopic (exact) mass is 176 g/mol. The van der Waals surface area contributed by atoms with Crippen LogP contribution in [0.5, 0.6) is 0 Å². The summed E-state index contributed by atoms with van der Waals surface area (Å²) in [7, 11) is 0. The molecule has 0 aromatic rings. The Morgan fingerprint density at radius 3 is 2.17 bits per heavy atom. The van der Waals surface area contributed by atoms with Gasteiger partial charge in [0.25, 0.3) is 0 Å². The third kappa shape index (κ3) is 2.26. The molecule has 0 N–H and O–H groups in total. The molecular weight excluding hydrogens is 162 g/mol. The minimum Gasteiger partial charge on any atom is -0.293 e. The van der Waals surface area contributed by atoms with Crippen LogP contribution in [0.25, 0.3) is 0 Å². The maximum atomic E-state index is 12.6. The molecule has 0 atom stereocenters. The minimum atomic E-state index is -3.12. The molecule has 3 heteroatoms. The highest BCUT2D eigenvalue weighted by molar-refractivity contribution is 5.87. The zero-order valence-electron chi connectivity index (χ0n) is 7.28. The van der Waals surface area contributed by atoms with Gasteiger partial charge in [0.05, 0.1) is 0 Å². The number of hydrogen-bond acceptors (Lipinski definition) is 1. The molecule has 0 amide bonds. The summed E-state index contributed by atoms with van der Waals surface area (Å²) < 4.78 is 25.1. The van der Waals surface area contributed by atoms with Crippen LogP contribution in [0.4, 0.5) is 8.78 Å². The summed E-state index contributed by atoms with van der Waals surface area (Å²) in [6.45, 7) is 0.698. The van der Waals surface area contributed by atoms with Gasteiger partial charge < -0.3 is 0 Å². The second-order valence-electron chi connectivity index (χ2n) is 3.59. The van der Waals surface area contributed by atoms with Gasteiger partial charge in [-0.3, -0.25) is 4.79 Å². The van der Waals surface area contributed by atoms with Crippen LogP contribution in [-0.4, -0.2) is 11.7 Å². The number of ketones is 1. The van der Waals surface area contributed by atoms with Crippen molar-refractivity contribution in [1.29, 1.82) is 0 Å². The summed E-state index contributed by atoms with van der Waals surface area (Å²) in [5, 5.41) is 0. The second-order valence-corrected chi connectivity index (χ2v) is 3.59. The third-order valence-electron chi connectivity index (χ3n) is 2.41. The summed E-state index contributed by atoms with van der Waals surface area (Å²) in [6, 6.07) is 0. The van der Waals surface area contributed by atoms with Crippen molar-refractivity contribution in [2.75, 3.05) is 0 Å². The normalized spacial score (nSPS) is 20.9. The van der Waals surface area contributed by atoms with Crippen molar-refractivity contribution in [1.82, 2.24) is 0 Å². The lowest BCUT2D eigenvalue weighted by Gasteiger charge is -2.22. The molecule has 0 bridgehead atoms. The van der Waals surface area contributed by atoms with E-state index in [-0.39, 0.29) is 5.92 Å². The molecular formula is C9H14F2O. The second kappa shape index (κ2) is 3.50. The maximum absolute atomic E-state index is 12.6. The molecule has 0 aromatic heterocycles. The molecule has 1 saturated carbocycles. The molecule has 0 radical (unpaired) electrons. The Kier molecular flexibility index (Phi) is 2.80. The fraction of sp³-hybridized carbons (Fsp3) is 0.889. The fourth-order valence-corrected chi connectivity index (χ4v) is 1.72. The Morgan fingerprint density at radius 2 is 1.75 bits per heavy atom. The maximum Gasteiger partial charge on any atom is 0.302 e. The topological polar surface area (TPSA) is 17.1 Å². The first-order valence-electron chi connectivity index (χ1n) is 4.44. The SMILES string of the molecule is CC(F)(F)C(=O)C1CCCCC1. The number of rotatable bonds is 2. The van der Waals surface area contributed by atoms with E-state index in [1.807, 2.05) is 0 Å². The summed E-state index contributed by atoms with van der Waals surface area (Å²) in [5.74, 6) is -4.36. The van der Waals surface area contributed by atoms with Crippen molar-refractivity contribution in [2.45, 2.75) is 45.0 Å². The van der Waals surface area contributed by atoms with E-state index in [0.29, 0.717) is 19.8 Å². The molecule has 1 aliphatic rings. The Bertz CT molecular complexity index is 166. The van der Waals surface area contributed by atoms with Crippen LogP contribution in [0.3, 0.4) is 0 Å².